The van der Waals surface area contributed by atoms with E-state index in [-0.39, 0.29) is 5.75 Å². The summed E-state index contributed by atoms with van der Waals surface area (Å²) in [6.07, 6.45) is 1.63. The minimum absolute atomic E-state index is 0.170. The van der Waals surface area contributed by atoms with E-state index >= 15 is 0 Å². The number of benzene rings is 1. The van der Waals surface area contributed by atoms with Gasteiger partial charge in [0.15, 0.2) is 0 Å². The molecule has 1 fully saturated rings. The van der Waals surface area contributed by atoms with Gasteiger partial charge in [0.2, 0.25) is 10.0 Å². The van der Waals surface area contributed by atoms with E-state index in [1.165, 1.54) is 0 Å². The average Bonchev–Trinajstić information content (AvgIpc) is 2.48. The number of nitrogens with one attached hydrogen (secondary N) is 1. The first-order valence-electron chi connectivity index (χ1n) is 7.07. The molecule has 7 heteroatoms. The molecule has 0 aromatic heterocycles. The summed E-state index contributed by atoms with van der Waals surface area (Å²) in [7, 11) is -3.06. The Labute approximate surface area is 136 Å². The Morgan fingerprint density at radius 2 is 1.95 bits per heavy atom. The van der Waals surface area contributed by atoms with Gasteiger partial charge in [0.1, 0.15) is 0 Å². The van der Waals surface area contributed by atoms with Crippen LogP contribution in [0.5, 0.6) is 0 Å². The van der Waals surface area contributed by atoms with E-state index in [9.17, 15) is 8.42 Å². The molecule has 2 rings (SSSR count). The molecule has 0 atom stereocenters. The second kappa shape index (κ2) is 7.29. The van der Waals surface area contributed by atoms with Crippen LogP contribution >= 0.6 is 23.2 Å². The molecular weight excluding hydrogens is 331 g/mol. The highest BCUT2D eigenvalue weighted by molar-refractivity contribution is 7.89. The maximum atomic E-state index is 11.8. The Kier molecular flexibility index (Phi) is 5.91. The standard InChI is InChI=1S/C14H20Cl2N2O2S/c1-2-21(19,20)18-7-5-13(6-8-18)17-10-11-9-12(15)3-4-14(11)16/h3-4,9,13,17H,2,5-8,10H2,1H3. The minimum Gasteiger partial charge on any atom is -0.310 e. The maximum absolute atomic E-state index is 11.8. The molecule has 0 aliphatic carbocycles. The Hall–Kier alpha value is -0.330. The molecule has 0 radical (unpaired) electrons. The fourth-order valence-corrected chi connectivity index (χ4v) is 3.97. The number of hydrogen-bond acceptors (Lipinski definition) is 3. The van der Waals surface area contributed by atoms with Gasteiger partial charge in [0, 0.05) is 35.7 Å². The predicted octanol–water partition coefficient (Wildman–Crippen LogP) is 2.90. The zero-order chi connectivity index (χ0) is 15.5. The van der Waals surface area contributed by atoms with Crippen molar-refractivity contribution >= 4 is 33.2 Å². The summed E-state index contributed by atoms with van der Waals surface area (Å²) in [5.41, 5.74) is 0.966. The topological polar surface area (TPSA) is 49.4 Å². The van der Waals surface area contributed by atoms with Crippen LogP contribution in [0.1, 0.15) is 25.3 Å². The van der Waals surface area contributed by atoms with Crippen LogP contribution in [0.15, 0.2) is 18.2 Å². The van der Waals surface area contributed by atoms with Crippen molar-refractivity contribution < 1.29 is 8.42 Å². The molecule has 1 aromatic rings. The summed E-state index contributed by atoms with van der Waals surface area (Å²) in [6, 6.07) is 5.72. The van der Waals surface area contributed by atoms with Gasteiger partial charge in [0.05, 0.1) is 5.75 Å². The highest BCUT2D eigenvalue weighted by atomic mass is 35.5. The fourth-order valence-electron chi connectivity index (χ4n) is 2.45. The maximum Gasteiger partial charge on any atom is 0.213 e. The van der Waals surface area contributed by atoms with Crippen LogP contribution in [0.4, 0.5) is 0 Å². The summed E-state index contributed by atoms with van der Waals surface area (Å²) < 4.78 is 25.2. The summed E-state index contributed by atoms with van der Waals surface area (Å²) in [5, 5.41) is 4.79. The SMILES string of the molecule is CCS(=O)(=O)N1CCC(NCc2cc(Cl)ccc2Cl)CC1. The van der Waals surface area contributed by atoms with E-state index in [1.807, 2.05) is 6.07 Å². The van der Waals surface area contributed by atoms with Gasteiger partial charge < -0.3 is 5.32 Å². The summed E-state index contributed by atoms with van der Waals surface area (Å²) >= 11 is 12.1. The van der Waals surface area contributed by atoms with Crippen molar-refractivity contribution in [1.82, 2.24) is 9.62 Å². The quantitative estimate of drug-likeness (QED) is 0.888. The van der Waals surface area contributed by atoms with Gasteiger partial charge >= 0.3 is 0 Å². The molecule has 1 aliphatic rings. The molecule has 1 saturated heterocycles. The van der Waals surface area contributed by atoms with E-state index < -0.39 is 10.0 Å². The van der Waals surface area contributed by atoms with Crippen molar-refractivity contribution in [3.8, 4) is 0 Å². The van der Waals surface area contributed by atoms with Crippen molar-refractivity contribution in [3.05, 3.63) is 33.8 Å². The van der Waals surface area contributed by atoms with Crippen LogP contribution in [-0.2, 0) is 16.6 Å². The van der Waals surface area contributed by atoms with Crippen molar-refractivity contribution in [1.29, 1.82) is 0 Å². The molecular formula is C14H20Cl2N2O2S. The lowest BCUT2D eigenvalue weighted by atomic mass is 10.1. The van der Waals surface area contributed by atoms with Crippen LogP contribution in [-0.4, -0.2) is 37.6 Å². The monoisotopic (exact) mass is 350 g/mol. The first-order chi connectivity index (χ1) is 9.92. The molecule has 0 bridgehead atoms. The van der Waals surface area contributed by atoms with Gasteiger partial charge in [-0.3, -0.25) is 0 Å². The zero-order valence-corrected chi connectivity index (χ0v) is 14.3. The predicted molar refractivity (Wildman–Crippen MR) is 87.4 cm³/mol. The van der Waals surface area contributed by atoms with Crippen LogP contribution in [0.25, 0.3) is 0 Å². The average molecular weight is 351 g/mol. The Morgan fingerprint density at radius 1 is 1.29 bits per heavy atom. The molecule has 1 heterocycles. The van der Waals surface area contributed by atoms with Crippen LogP contribution in [0, 0.1) is 0 Å². The summed E-state index contributed by atoms with van der Waals surface area (Å²) in [5.74, 6) is 0.170. The normalized spacial score (nSPS) is 18.0. The molecule has 0 amide bonds. The first-order valence-corrected chi connectivity index (χ1v) is 9.44. The van der Waals surface area contributed by atoms with Gasteiger partial charge in [-0.05, 0) is 43.5 Å². The molecule has 1 aliphatic heterocycles. The van der Waals surface area contributed by atoms with E-state index in [0.29, 0.717) is 35.7 Å². The molecule has 0 unspecified atom stereocenters. The van der Waals surface area contributed by atoms with Crippen LogP contribution < -0.4 is 5.32 Å². The Morgan fingerprint density at radius 3 is 2.57 bits per heavy atom. The Bertz CT molecular complexity index is 585. The second-order valence-electron chi connectivity index (χ2n) is 5.19. The fraction of sp³-hybridized carbons (Fsp3) is 0.571. The van der Waals surface area contributed by atoms with E-state index in [2.05, 4.69) is 5.32 Å². The summed E-state index contributed by atoms with van der Waals surface area (Å²) in [4.78, 5) is 0. The molecule has 1 aromatic carbocycles. The van der Waals surface area contributed by atoms with Gasteiger partial charge in [-0.2, -0.15) is 0 Å². The van der Waals surface area contributed by atoms with Gasteiger partial charge in [-0.1, -0.05) is 23.2 Å². The molecule has 21 heavy (non-hydrogen) atoms. The molecule has 1 N–H and O–H groups in total. The molecule has 118 valence electrons. The third kappa shape index (κ3) is 4.57. The number of hydrogen-bond donors (Lipinski definition) is 1. The highest BCUT2D eigenvalue weighted by Gasteiger charge is 2.26. The lowest BCUT2D eigenvalue weighted by molar-refractivity contribution is 0.289. The largest absolute Gasteiger partial charge is 0.310 e. The number of piperidine rings is 1. The summed E-state index contributed by atoms with van der Waals surface area (Å²) in [6.45, 7) is 3.49. The Balaban J connectivity index is 1.86. The second-order valence-corrected chi connectivity index (χ2v) is 8.29. The van der Waals surface area contributed by atoms with Gasteiger partial charge in [-0.15, -0.1) is 0 Å². The lowest BCUT2D eigenvalue weighted by Crippen LogP contribution is -2.45. The third-order valence-corrected chi connectivity index (χ3v) is 6.29. The van der Waals surface area contributed by atoms with Crippen molar-refractivity contribution in [2.24, 2.45) is 0 Å². The molecule has 4 nitrogen and oxygen atoms in total. The number of rotatable bonds is 5. The zero-order valence-electron chi connectivity index (χ0n) is 12.0. The van der Waals surface area contributed by atoms with Crippen LogP contribution in [0.2, 0.25) is 10.0 Å². The van der Waals surface area contributed by atoms with E-state index in [1.54, 1.807) is 23.4 Å². The molecule has 0 saturated carbocycles. The lowest BCUT2D eigenvalue weighted by Gasteiger charge is -2.31. The van der Waals surface area contributed by atoms with E-state index in [0.717, 1.165) is 18.4 Å². The van der Waals surface area contributed by atoms with E-state index in [4.69, 9.17) is 23.2 Å². The van der Waals surface area contributed by atoms with Crippen molar-refractivity contribution in [3.63, 3.8) is 0 Å². The van der Waals surface area contributed by atoms with Gasteiger partial charge in [-0.25, -0.2) is 12.7 Å². The van der Waals surface area contributed by atoms with Crippen molar-refractivity contribution in [2.75, 3.05) is 18.8 Å². The van der Waals surface area contributed by atoms with Gasteiger partial charge in [0.25, 0.3) is 0 Å². The molecule has 0 spiro atoms. The highest BCUT2D eigenvalue weighted by Crippen LogP contribution is 2.21. The third-order valence-electron chi connectivity index (χ3n) is 3.80. The number of sulfonamides is 1. The minimum atomic E-state index is -3.06. The smallest absolute Gasteiger partial charge is 0.213 e. The van der Waals surface area contributed by atoms with Crippen molar-refractivity contribution in [2.45, 2.75) is 32.4 Å². The number of halogens is 2. The first kappa shape index (κ1) is 17.0. The number of nitrogens with zero attached hydrogens (tertiary/aromatic N) is 1. The van der Waals surface area contributed by atoms with Crippen LogP contribution in [0.3, 0.4) is 0 Å².